The summed E-state index contributed by atoms with van der Waals surface area (Å²) in [5.74, 6) is 0.529. The van der Waals surface area contributed by atoms with Crippen LogP contribution in [0.25, 0.3) is 0 Å². The Kier molecular flexibility index (Phi) is 4.74. The summed E-state index contributed by atoms with van der Waals surface area (Å²) in [5.41, 5.74) is 5.04. The van der Waals surface area contributed by atoms with Crippen LogP contribution in [0.3, 0.4) is 0 Å². The van der Waals surface area contributed by atoms with Gasteiger partial charge < -0.3 is 4.55 Å². The predicted molar refractivity (Wildman–Crippen MR) is 37.4 cm³/mol. The van der Waals surface area contributed by atoms with Crippen molar-refractivity contribution in [3.8, 4) is 0 Å². The first-order chi connectivity index (χ1) is 4.13. The Morgan fingerprint density at radius 1 is 1.89 bits per heavy atom. The molecule has 0 aliphatic rings. The van der Waals surface area contributed by atoms with Crippen LogP contribution >= 0.6 is 11.8 Å². The van der Waals surface area contributed by atoms with E-state index >= 15 is 0 Å². The van der Waals surface area contributed by atoms with Crippen molar-refractivity contribution in [2.24, 2.45) is 5.73 Å². The summed E-state index contributed by atoms with van der Waals surface area (Å²) in [6.07, 6.45) is 0. The maximum absolute atomic E-state index is 9.88. The third kappa shape index (κ3) is 7.93. The lowest BCUT2D eigenvalue weighted by Crippen LogP contribution is -2.43. The van der Waals surface area contributed by atoms with Crippen LogP contribution in [-0.4, -0.2) is 25.4 Å². The van der Waals surface area contributed by atoms with Crippen molar-refractivity contribution >= 4 is 28.0 Å². The number of hydrogen-bond donors (Lipinski definition) is 2. The maximum Gasteiger partial charge on any atom is 0.299 e. The molecule has 4 nitrogen and oxygen atoms in total. The lowest BCUT2D eigenvalue weighted by molar-refractivity contribution is -0.110. The number of nitrogens with two attached hydrogens (primary N) is 2. The van der Waals surface area contributed by atoms with E-state index in [4.69, 9.17) is 11.1 Å². The highest BCUT2D eigenvalue weighted by Crippen LogP contribution is 1.94. The van der Waals surface area contributed by atoms with Crippen molar-refractivity contribution in [2.45, 2.75) is 0 Å². The third-order valence-electron chi connectivity index (χ3n) is 0.519. The highest BCUT2D eigenvalue weighted by molar-refractivity contribution is 8.13. The zero-order valence-corrected chi connectivity index (χ0v) is 6.33. The van der Waals surface area contributed by atoms with Gasteiger partial charge in [0.25, 0.3) is 5.17 Å². The molecule has 0 saturated carbocycles. The second kappa shape index (κ2) is 4.78. The van der Waals surface area contributed by atoms with Gasteiger partial charge in [-0.2, -0.15) is 0 Å². The molecule has 0 rings (SSSR count). The van der Waals surface area contributed by atoms with Crippen LogP contribution < -0.4 is 11.1 Å². The van der Waals surface area contributed by atoms with Gasteiger partial charge in [-0.05, 0) is 11.8 Å². The van der Waals surface area contributed by atoms with Crippen molar-refractivity contribution in [3.05, 3.63) is 0 Å². The molecule has 9 heavy (non-hydrogen) atoms. The van der Waals surface area contributed by atoms with E-state index in [0.717, 1.165) is 11.8 Å². The minimum Gasteiger partial charge on any atom is -0.772 e. The van der Waals surface area contributed by atoms with Crippen LogP contribution in [0, 0.1) is 0 Å². The smallest absolute Gasteiger partial charge is 0.299 e. The van der Waals surface area contributed by atoms with Gasteiger partial charge in [-0.15, -0.1) is 0 Å². The SMILES string of the molecule is NC(=[NH2+])SCCS(=O)[O-]. The van der Waals surface area contributed by atoms with E-state index in [1.165, 1.54) is 0 Å². The molecule has 0 amide bonds. The van der Waals surface area contributed by atoms with Gasteiger partial charge in [0.1, 0.15) is 0 Å². The average molecular weight is 168 g/mol. The van der Waals surface area contributed by atoms with Gasteiger partial charge in [0.15, 0.2) is 0 Å². The fourth-order valence-corrected chi connectivity index (χ4v) is 1.34. The number of hydrogen-bond acceptors (Lipinski definition) is 3. The fraction of sp³-hybridized carbons (Fsp3) is 0.667. The molecule has 0 fully saturated rings. The van der Waals surface area contributed by atoms with E-state index in [1.54, 1.807) is 0 Å². The minimum absolute atomic E-state index is 0.0998. The maximum atomic E-state index is 9.88. The molecule has 4 N–H and O–H groups in total. The number of rotatable bonds is 3. The molecule has 0 bridgehead atoms. The van der Waals surface area contributed by atoms with Gasteiger partial charge in [-0.3, -0.25) is 15.4 Å². The lowest BCUT2D eigenvalue weighted by Gasteiger charge is -2.00. The summed E-state index contributed by atoms with van der Waals surface area (Å²) in [6, 6.07) is 0. The molecule has 0 aliphatic heterocycles. The summed E-state index contributed by atoms with van der Waals surface area (Å²) >= 11 is -0.839. The summed E-state index contributed by atoms with van der Waals surface area (Å²) in [6.45, 7) is 0. The molecular formula is C3H8N2O2S2. The molecule has 0 spiro atoms. The predicted octanol–water partition coefficient (Wildman–Crippen LogP) is -2.33. The minimum atomic E-state index is -1.98. The molecule has 0 aliphatic carbocycles. The van der Waals surface area contributed by atoms with Crippen molar-refractivity contribution in [2.75, 3.05) is 11.5 Å². The molecule has 0 aromatic carbocycles. The topological polar surface area (TPSA) is 91.7 Å². The van der Waals surface area contributed by atoms with Crippen molar-refractivity contribution in [3.63, 3.8) is 0 Å². The normalized spacial score (nSPS) is 13.0. The van der Waals surface area contributed by atoms with Crippen LogP contribution in [0.15, 0.2) is 0 Å². The molecule has 54 valence electrons. The third-order valence-corrected chi connectivity index (χ3v) is 2.06. The quantitative estimate of drug-likeness (QED) is 0.281. The fourth-order valence-electron chi connectivity index (χ4n) is 0.228. The highest BCUT2D eigenvalue weighted by atomic mass is 32.2. The molecule has 0 aromatic rings. The van der Waals surface area contributed by atoms with Crippen LogP contribution in [0.1, 0.15) is 0 Å². The van der Waals surface area contributed by atoms with Crippen molar-refractivity contribution in [1.82, 2.24) is 0 Å². The number of amidine groups is 1. The second-order valence-electron chi connectivity index (χ2n) is 1.26. The van der Waals surface area contributed by atoms with E-state index in [2.05, 4.69) is 0 Å². The Morgan fingerprint density at radius 3 is 2.78 bits per heavy atom. The molecule has 1 atom stereocenters. The van der Waals surface area contributed by atoms with Gasteiger partial charge >= 0.3 is 0 Å². The number of thioether (sulfide) groups is 1. The van der Waals surface area contributed by atoms with Gasteiger partial charge in [0.2, 0.25) is 0 Å². The van der Waals surface area contributed by atoms with E-state index < -0.39 is 11.1 Å². The van der Waals surface area contributed by atoms with Gasteiger partial charge in [0, 0.05) is 11.5 Å². The zero-order chi connectivity index (χ0) is 7.28. The molecule has 6 heteroatoms. The largest absolute Gasteiger partial charge is 0.772 e. The monoisotopic (exact) mass is 168 g/mol. The van der Waals surface area contributed by atoms with E-state index in [0.29, 0.717) is 5.75 Å². The average Bonchev–Trinajstić information content (AvgIpc) is 1.63. The zero-order valence-electron chi connectivity index (χ0n) is 4.70. The summed E-state index contributed by atoms with van der Waals surface area (Å²) in [5, 5.41) is 5.24. The first kappa shape index (κ1) is 8.93. The van der Waals surface area contributed by atoms with Crippen LogP contribution in [0.2, 0.25) is 0 Å². The molecular weight excluding hydrogens is 160 g/mol. The van der Waals surface area contributed by atoms with Gasteiger partial charge in [-0.25, -0.2) is 0 Å². The van der Waals surface area contributed by atoms with Gasteiger partial charge in [0.05, 0.1) is 0 Å². The first-order valence-electron chi connectivity index (χ1n) is 2.19. The first-order valence-corrected chi connectivity index (χ1v) is 4.42. The Bertz CT molecular complexity index is 113. The Labute approximate surface area is 60.0 Å². The van der Waals surface area contributed by atoms with Crippen LogP contribution in [0.5, 0.6) is 0 Å². The standard InChI is InChI=1S/C3H8N2O2S2/c4-3(5)8-1-2-9(6)7/h1-2H2,(H3,4,5)(H,6,7). The van der Waals surface area contributed by atoms with Gasteiger partial charge in [-0.1, -0.05) is 11.1 Å². The van der Waals surface area contributed by atoms with E-state index in [1.807, 2.05) is 0 Å². The Morgan fingerprint density at radius 2 is 2.44 bits per heavy atom. The Hall–Kier alpha value is -0.0700. The summed E-state index contributed by atoms with van der Waals surface area (Å²) in [7, 11) is 0. The van der Waals surface area contributed by atoms with Crippen LogP contribution in [-0.2, 0) is 11.1 Å². The molecule has 0 radical (unpaired) electrons. The summed E-state index contributed by atoms with van der Waals surface area (Å²) in [4.78, 5) is 0. The molecule has 0 aromatic heterocycles. The van der Waals surface area contributed by atoms with Crippen LogP contribution in [0.4, 0.5) is 0 Å². The summed E-state index contributed by atoms with van der Waals surface area (Å²) < 4.78 is 19.8. The van der Waals surface area contributed by atoms with E-state index in [-0.39, 0.29) is 10.9 Å². The molecule has 0 saturated heterocycles. The molecule has 0 heterocycles. The Balaban J connectivity index is 3.10. The van der Waals surface area contributed by atoms with Crippen molar-refractivity contribution in [1.29, 1.82) is 0 Å². The highest BCUT2D eigenvalue weighted by Gasteiger charge is 1.94. The van der Waals surface area contributed by atoms with Crippen molar-refractivity contribution < 1.29 is 14.2 Å². The molecule has 1 unspecified atom stereocenters. The van der Waals surface area contributed by atoms with E-state index in [9.17, 15) is 8.76 Å². The second-order valence-corrected chi connectivity index (χ2v) is 3.44. The lowest BCUT2D eigenvalue weighted by atomic mass is 11.0.